The maximum absolute atomic E-state index is 11.9. The Labute approximate surface area is 111 Å². The second-order valence-electron chi connectivity index (χ2n) is 3.57. The van der Waals surface area contributed by atoms with Crippen molar-refractivity contribution in [1.29, 1.82) is 0 Å². The van der Waals surface area contributed by atoms with Gasteiger partial charge >= 0.3 is 0 Å². The van der Waals surface area contributed by atoms with Gasteiger partial charge in [-0.25, -0.2) is 8.42 Å². The molecule has 0 amide bonds. The van der Waals surface area contributed by atoms with Gasteiger partial charge in [0.2, 0.25) is 0 Å². The van der Waals surface area contributed by atoms with E-state index in [0.717, 1.165) is 0 Å². The predicted molar refractivity (Wildman–Crippen MR) is 68.4 cm³/mol. The molecule has 2 N–H and O–H groups in total. The minimum Gasteiger partial charge on any atom is -0.383 e. The van der Waals surface area contributed by atoms with Gasteiger partial charge in [0.15, 0.2) is 9.84 Å². The van der Waals surface area contributed by atoms with Crippen LogP contribution in [0.15, 0.2) is 23.1 Å². The molecule has 0 aliphatic rings. The molecule has 1 aromatic rings. The number of hydrogen-bond donors (Lipinski definition) is 1. The van der Waals surface area contributed by atoms with Crippen molar-refractivity contribution in [2.45, 2.75) is 10.9 Å². The zero-order valence-electron chi connectivity index (χ0n) is 9.19. The minimum absolute atomic E-state index is 0.110. The molecule has 0 saturated heterocycles. The molecule has 0 fully saturated rings. The molecule has 0 radical (unpaired) electrons. The smallest absolute Gasteiger partial charge is 0.180 e. The summed E-state index contributed by atoms with van der Waals surface area (Å²) in [7, 11) is -2.01. The Bertz CT molecular complexity index is 490. The fourth-order valence-electron chi connectivity index (χ4n) is 1.31. The first-order chi connectivity index (χ1) is 7.86. The Morgan fingerprint density at radius 3 is 2.53 bits per heavy atom. The van der Waals surface area contributed by atoms with E-state index in [9.17, 15) is 8.42 Å². The molecule has 1 atom stereocenters. The minimum atomic E-state index is -3.47. The number of hydrogen-bond acceptors (Lipinski definition) is 4. The van der Waals surface area contributed by atoms with Gasteiger partial charge in [0, 0.05) is 13.2 Å². The maximum atomic E-state index is 11.9. The van der Waals surface area contributed by atoms with Crippen molar-refractivity contribution in [3.8, 4) is 0 Å². The SMILES string of the molecule is COCC(N)CS(=O)(=O)c1ccc(Cl)c(Cl)c1. The van der Waals surface area contributed by atoms with Gasteiger partial charge in [-0.15, -0.1) is 0 Å². The van der Waals surface area contributed by atoms with E-state index in [2.05, 4.69) is 0 Å². The molecule has 0 bridgehead atoms. The summed E-state index contributed by atoms with van der Waals surface area (Å²) >= 11 is 11.5. The van der Waals surface area contributed by atoms with Crippen LogP contribution in [0, 0.1) is 0 Å². The molecular formula is C10H13Cl2NO3S. The lowest BCUT2D eigenvalue weighted by atomic mass is 10.4. The Morgan fingerprint density at radius 2 is 2.00 bits per heavy atom. The molecule has 0 saturated carbocycles. The van der Waals surface area contributed by atoms with E-state index in [1.165, 1.54) is 25.3 Å². The van der Waals surface area contributed by atoms with Crippen LogP contribution in [0.5, 0.6) is 0 Å². The summed E-state index contributed by atoms with van der Waals surface area (Å²) < 4.78 is 28.7. The first-order valence-corrected chi connectivity index (χ1v) is 7.20. The van der Waals surface area contributed by atoms with Crippen LogP contribution in [-0.2, 0) is 14.6 Å². The van der Waals surface area contributed by atoms with Gasteiger partial charge in [-0.2, -0.15) is 0 Å². The van der Waals surface area contributed by atoms with Crippen LogP contribution in [0.1, 0.15) is 0 Å². The highest BCUT2D eigenvalue weighted by atomic mass is 35.5. The van der Waals surface area contributed by atoms with E-state index in [1.54, 1.807) is 0 Å². The molecule has 1 rings (SSSR count). The van der Waals surface area contributed by atoms with Crippen molar-refractivity contribution in [2.75, 3.05) is 19.5 Å². The number of nitrogens with two attached hydrogens (primary N) is 1. The summed E-state index contributed by atoms with van der Waals surface area (Å²) in [5.41, 5.74) is 5.61. The second-order valence-corrected chi connectivity index (χ2v) is 6.42. The number of sulfone groups is 1. The topological polar surface area (TPSA) is 69.4 Å². The van der Waals surface area contributed by atoms with E-state index >= 15 is 0 Å². The van der Waals surface area contributed by atoms with Crippen molar-refractivity contribution < 1.29 is 13.2 Å². The number of methoxy groups -OCH3 is 1. The fraction of sp³-hybridized carbons (Fsp3) is 0.400. The van der Waals surface area contributed by atoms with Crippen molar-refractivity contribution in [1.82, 2.24) is 0 Å². The molecule has 0 aliphatic heterocycles. The molecule has 96 valence electrons. The molecule has 4 nitrogen and oxygen atoms in total. The van der Waals surface area contributed by atoms with E-state index < -0.39 is 15.9 Å². The molecule has 17 heavy (non-hydrogen) atoms. The third-order valence-electron chi connectivity index (χ3n) is 2.06. The molecular weight excluding hydrogens is 285 g/mol. The highest BCUT2D eigenvalue weighted by molar-refractivity contribution is 7.91. The number of rotatable bonds is 5. The average molecular weight is 298 g/mol. The third kappa shape index (κ3) is 4.12. The van der Waals surface area contributed by atoms with Crippen LogP contribution in [0.3, 0.4) is 0 Å². The lowest BCUT2D eigenvalue weighted by molar-refractivity contribution is 0.186. The van der Waals surface area contributed by atoms with Crippen LogP contribution in [0.4, 0.5) is 0 Å². The lowest BCUT2D eigenvalue weighted by Crippen LogP contribution is -2.33. The predicted octanol–water partition coefficient (Wildman–Crippen LogP) is 1.74. The third-order valence-corrected chi connectivity index (χ3v) is 4.64. The number of halogens is 2. The summed E-state index contributed by atoms with van der Waals surface area (Å²) in [6.07, 6.45) is 0. The van der Waals surface area contributed by atoms with Crippen LogP contribution in [0.25, 0.3) is 0 Å². The molecule has 7 heteroatoms. The second kappa shape index (κ2) is 6.02. The van der Waals surface area contributed by atoms with E-state index in [-0.39, 0.29) is 22.3 Å². The largest absolute Gasteiger partial charge is 0.383 e. The first-order valence-electron chi connectivity index (χ1n) is 4.79. The molecule has 0 aromatic heterocycles. The van der Waals surface area contributed by atoms with E-state index in [0.29, 0.717) is 5.02 Å². The van der Waals surface area contributed by atoms with Crippen LogP contribution in [-0.4, -0.2) is 33.9 Å². The van der Waals surface area contributed by atoms with Gasteiger partial charge < -0.3 is 10.5 Å². The molecule has 0 aliphatic carbocycles. The molecule has 0 spiro atoms. The van der Waals surface area contributed by atoms with Crippen LogP contribution in [0.2, 0.25) is 10.0 Å². The first kappa shape index (κ1) is 14.7. The van der Waals surface area contributed by atoms with Gasteiger partial charge in [-0.1, -0.05) is 23.2 Å². The Kier molecular flexibility index (Phi) is 5.22. The van der Waals surface area contributed by atoms with Crippen molar-refractivity contribution in [3.05, 3.63) is 28.2 Å². The molecule has 0 heterocycles. The monoisotopic (exact) mass is 297 g/mol. The highest BCUT2D eigenvalue weighted by Crippen LogP contribution is 2.25. The zero-order valence-corrected chi connectivity index (χ0v) is 11.5. The van der Waals surface area contributed by atoms with Gasteiger partial charge in [0.1, 0.15) is 0 Å². The Morgan fingerprint density at radius 1 is 1.35 bits per heavy atom. The van der Waals surface area contributed by atoms with Gasteiger partial charge in [0.25, 0.3) is 0 Å². The van der Waals surface area contributed by atoms with Crippen LogP contribution < -0.4 is 5.73 Å². The van der Waals surface area contributed by atoms with Crippen molar-refractivity contribution in [2.24, 2.45) is 5.73 Å². The number of ether oxygens (including phenoxy) is 1. The quantitative estimate of drug-likeness (QED) is 0.899. The number of benzene rings is 1. The Balaban J connectivity index is 2.93. The summed E-state index contributed by atoms with van der Waals surface area (Å²) in [6, 6.07) is 3.60. The van der Waals surface area contributed by atoms with Crippen molar-refractivity contribution in [3.63, 3.8) is 0 Å². The lowest BCUT2D eigenvalue weighted by Gasteiger charge is -2.11. The highest BCUT2D eigenvalue weighted by Gasteiger charge is 2.19. The standard InChI is InChI=1S/C10H13Cl2NO3S/c1-16-5-7(13)6-17(14,15)8-2-3-9(11)10(12)4-8/h2-4,7H,5-6,13H2,1H3. The summed E-state index contributed by atoms with van der Waals surface area (Å²) in [5.74, 6) is -0.196. The normalized spacial score (nSPS) is 13.6. The summed E-state index contributed by atoms with van der Waals surface area (Å²) in [4.78, 5) is 0.110. The molecule has 1 unspecified atom stereocenters. The maximum Gasteiger partial charge on any atom is 0.180 e. The fourth-order valence-corrected chi connectivity index (χ4v) is 3.10. The van der Waals surface area contributed by atoms with Gasteiger partial charge in [-0.05, 0) is 18.2 Å². The van der Waals surface area contributed by atoms with Gasteiger partial charge in [-0.3, -0.25) is 0 Å². The van der Waals surface area contributed by atoms with Crippen LogP contribution >= 0.6 is 23.2 Å². The van der Waals surface area contributed by atoms with E-state index in [4.69, 9.17) is 33.7 Å². The average Bonchev–Trinajstić information content (AvgIpc) is 2.21. The van der Waals surface area contributed by atoms with Gasteiger partial charge in [0.05, 0.1) is 27.3 Å². The summed E-state index contributed by atoms with van der Waals surface area (Å²) in [5, 5.41) is 0.514. The van der Waals surface area contributed by atoms with Crippen molar-refractivity contribution >= 4 is 33.0 Å². The zero-order chi connectivity index (χ0) is 13.1. The van der Waals surface area contributed by atoms with E-state index in [1.807, 2.05) is 0 Å². The Hall–Kier alpha value is -0.330. The molecule has 1 aromatic carbocycles. The summed E-state index contributed by atoms with van der Waals surface area (Å²) in [6.45, 7) is 0.181.